The minimum Gasteiger partial charge on any atom is -0.480 e. The zero-order valence-corrected chi connectivity index (χ0v) is 14.9. The number of nitrogens with zero attached hydrogens (tertiary/aromatic N) is 1. The van der Waals surface area contributed by atoms with Crippen molar-refractivity contribution in [2.75, 3.05) is 13.1 Å². The van der Waals surface area contributed by atoms with Gasteiger partial charge in [-0.1, -0.05) is 13.8 Å². The van der Waals surface area contributed by atoms with Gasteiger partial charge in [-0.25, -0.2) is 4.79 Å². The predicted octanol–water partition coefficient (Wildman–Crippen LogP) is -0.944. The molecule has 0 radical (unpaired) electrons. The van der Waals surface area contributed by atoms with Gasteiger partial charge in [0.15, 0.2) is 0 Å². The molecule has 3 unspecified atom stereocenters. The van der Waals surface area contributed by atoms with E-state index in [1.807, 2.05) is 13.8 Å². The summed E-state index contributed by atoms with van der Waals surface area (Å²) in [5.41, 5.74) is 5.34. The minimum atomic E-state index is -1.11. The summed E-state index contributed by atoms with van der Waals surface area (Å²) in [4.78, 5) is 48.9. The number of hydrogen-bond donors (Lipinski definition) is 4. The largest absolute Gasteiger partial charge is 0.480 e. The minimum absolute atomic E-state index is 0.0978. The Morgan fingerprint density at radius 1 is 1.20 bits per heavy atom. The van der Waals surface area contributed by atoms with Crippen LogP contribution in [0.4, 0.5) is 0 Å². The van der Waals surface area contributed by atoms with Crippen LogP contribution in [-0.4, -0.2) is 64.9 Å². The lowest BCUT2D eigenvalue weighted by Gasteiger charge is -2.25. The summed E-state index contributed by atoms with van der Waals surface area (Å²) in [6.07, 6.45) is 1.50. The van der Waals surface area contributed by atoms with E-state index >= 15 is 0 Å². The van der Waals surface area contributed by atoms with E-state index in [9.17, 15) is 24.3 Å². The number of likely N-dealkylation sites (tertiary alicyclic amines) is 1. The number of carboxylic acids is 1. The highest BCUT2D eigenvalue weighted by Gasteiger charge is 2.34. The zero-order valence-electron chi connectivity index (χ0n) is 14.9. The number of aliphatic carboxylic acids is 1. The lowest BCUT2D eigenvalue weighted by Crippen LogP contribution is -2.54. The second-order valence-corrected chi connectivity index (χ2v) is 6.71. The van der Waals surface area contributed by atoms with Crippen LogP contribution in [-0.2, 0) is 19.2 Å². The van der Waals surface area contributed by atoms with E-state index in [0.717, 1.165) is 0 Å². The SMILES string of the molecule is CC(C)CC(NC(=O)C(C)NC(=O)C1CCCN1C(=O)CN)C(=O)O. The summed E-state index contributed by atoms with van der Waals surface area (Å²) in [5.74, 6) is -2.33. The molecule has 0 bridgehead atoms. The van der Waals surface area contributed by atoms with Crippen LogP contribution in [0, 0.1) is 5.92 Å². The maximum absolute atomic E-state index is 12.3. The maximum atomic E-state index is 12.3. The summed E-state index contributed by atoms with van der Waals surface area (Å²) in [6, 6.07) is -2.55. The molecule has 0 aromatic carbocycles. The van der Waals surface area contributed by atoms with Crippen LogP contribution in [0.15, 0.2) is 0 Å². The Balaban J connectivity index is 2.63. The van der Waals surface area contributed by atoms with E-state index in [4.69, 9.17) is 5.73 Å². The van der Waals surface area contributed by atoms with E-state index in [1.54, 1.807) is 0 Å². The smallest absolute Gasteiger partial charge is 0.326 e. The van der Waals surface area contributed by atoms with Crippen molar-refractivity contribution in [3.05, 3.63) is 0 Å². The number of nitrogens with one attached hydrogen (secondary N) is 2. The molecule has 3 atom stereocenters. The van der Waals surface area contributed by atoms with E-state index in [2.05, 4.69) is 10.6 Å². The quantitative estimate of drug-likeness (QED) is 0.442. The van der Waals surface area contributed by atoms with Gasteiger partial charge in [0.1, 0.15) is 18.1 Å². The Labute approximate surface area is 147 Å². The highest BCUT2D eigenvalue weighted by atomic mass is 16.4. The summed E-state index contributed by atoms with van der Waals surface area (Å²) < 4.78 is 0. The Morgan fingerprint density at radius 2 is 1.84 bits per heavy atom. The summed E-state index contributed by atoms with van der Waals surface area (Å²) in [7, 11) is 0. The van der Waals surface area contributed by atoms with Crippen molar-refractivity contribution in [2.45, 2.75) is 58.2 Å². The first kappa shape index (κ1) is 20.9. The molecule has 0 aliphatic carbocycles. The normalized spacial score (nSPS) is 19.4. The number of nitrogens with two attached hydrogens (primary N) is 1. The molecule has 3 amide bonds. The van der Waals surface area contributed by atoms with Gasteiger partial charge >= 0.3 is 5.97 Å². The second kappa shape index (κ2) is 9.36. The first-order chi connectivity index (χ1) is 11.7. The van der Waals surface area contributed by atoms with Crippen molar-refractivity contribution in [3.63, 3.8) is 0 Å². The highest BCUT2D eigenvalue weighted by molar-refractivity contribution is 5.93. The lowest BCUT2D eigenvalue weighted by atomic mass is 10.0. The van der Waals surface area contributed by atoms with Crippen molar-refractivity contribution in [3.8, 4) is 0 Å². The first-order valence-corrected chi connectivity index (χ1v) is 8.50. The third-order valence-electron chi connectivity index (χ3n) is 4.12. The number of carbonyl (C=O) groups is 4. The van der Waals surface area contributed by atoms with Crippen LogP contribution in [0.1, 0.15) is 40.0 Å². The fourth-order valence-corrected chi connectivity index (χ4v) is 2.82. The molecule has 142 valence electrons. The van der Waals surface area contributed by atoms with E-state index < -0.39 is 35.9 Å². The van der Waals surface area contributed by atoms with Gasteiger partial charge in [0.25, 0.3) is 0 Å². The van der Waals surface area contributed by atoms with Gasteiger partial charge < -0.3 is 26.4 Å². The monoisotopic (exact) mass is 356 g/mol. The number of carbonyl (C=O) groups excluding carboxylic acids is 3. The van der Waals surface area contributed by atoms with Gasteiger partial charge in [-0.05, 0) is 32.1 Å². The second-order valence-electron chi connectivity index (χ2n) is 6.71. The number of rotatable bonds is 8. The third-order valence-corrected chi connectivity index (χ3v) is 4.12. The lowest BCUT2D eigenvalue weighted by molar-refractivity contribution is -0.143. The Bertz CT molecular complexity index is 523. The molecule has 1 rings (SSSR count). The van der Waals surface area contributed by atoms with Crippen LogP contribution in [0.5, 0.6) is 0 Å². The zero-order chi connectivity index (χ0) is 19.1. The van der Waals surface area contributed by atoms with Crippen molar-refractivity contribution < 1.29 is 24.3 Å². The van der Waals surface area contributed by atoms with Gasteiger partial charge in [0.05, 0.1) is 6.54 Å². The molecule has 1 saturated heterocycles. The van der Waals surface area contributed by atoms with Crippen LogP contribution < -0.4 is 16.4 Å². The highest BCUT2D eigenvalue weighted by Crippen LogP contribution is 2.17. The molecular weight excluding hydrogens is 328 g/mol. The Hall–Kier alpha value is -2.16. The van der Waals surface area contributed by atoms with Crippen LogP contribution in [0.25, 0.3) is 0 Å². The summed E-state index contributed by atoms with van der Waals surface area (Å²) >= 11 is 0. The first-order valence-electron chi connectivity index (χ1n) is 8.50. The van der Waals surface area contributed by atoms with E-state index in [0.29, 0.717) is 25.8 Å². The van der Waals surface area contributed by atoms with Gasteiger partial charge in [-0.15, -0.1) is 0 Å². The molecule has 1 heterocycles. The fraction of sp³-hybridized carbons (Fsp3) is 0.750. The van der Waals surface area contributed by atoms with Crippen LogP contribution >= 0.6 is 0 Å². The van der Waals surface area contributed by atoms with Gasteiger partial charge in [0, 0.05) is 6.54 Å². The molecular formula is C16H28N4O5. The molecule has 1 fully saturated rings. The van der Waals surface area contributed by atoms with Crippen molar-refractivity contribution in [2.24, 2.45) is 11.7 Å². The molecule has 9 heteroatoms. The molecule has 5 N–H and O–H groups in total. The summed E-state index contributed by atoms with van der Waals surface area (Å²) in [6.45, 7) is 5.48. The van der Waals surface area contributed by atoms with Crippen LogP contribution in [0.2, 0.25) is 0 Å². The van der Waals surface area contributed by atoms with Gasteiger partial charge in [0.2, 0.25) is 17.7 Å². The molecule has 1 aliphatic heterocycles. The molecule has 1 aliphatic rings. The van der Waals surface area contributed by atoms with Gasteiger partial charge in [-0.3, -0.25) is 14.4 Å². The molecule has 0 saturated carbocycles. The molecule has 0 spiro atoms. The van der Waals surface area contributed by atoms with Crippen molar-refractivity contribution in [1.82, 2.24) is 15.5 Å². The predicted molar refractivity (Wildman–Crippen MR) is 90.4 cm³/mol. The standard InChI is InChI=1S/C16H28N4O5/c1-9(2)7-11(16(24)25)19-14(22)10(3)18-15(23)12-5-4-6-20(12)13(21)8-17/h9-12H,4-8,17H2,1-3H3,(H,18,23)(H,19,22)(H,24,25). The number of hydrogen-bond acceptors (Lipinski definition) is 5. The van der Waals surface area contributed by atoms with Crippen LogP contribution in [0.3, 0.4) is 0 Å². The topological polar surface area (TPSA) is 142 Å². The molecule has 25 heavy (non-hydrogen) atoms. The van der Waals surface area contributed by atoms with Gasteiger partial charge in [-0.2, -0.15) is 0 Å². The van der Waals surface area contributed by atoms with E-state index in [1.165, 1.54) is 11.8 Å². The average Bonchev–Trinajstić information content (AvgIpc) is 3.02. The fourth-order valence-electron chi connectivity index (χ4n) is 2.82. The maximum Gasteiger partial charge on any atom is 0.326 e. The number of carboxylic acid groups (broad SMARTS) is 1. The Kier molecular flexibility index (Phi) is 7.82. The number of amides is 3. The van der Waals surface area contributed by atoms with E-state index in [-0.39, 0.29) is 18.4 Å². The third kappa shape index (κ3) is 6.00. The summed E-state index contributed by atoms with van der Waals surface area (Å²) in [5, 5.41) is 14.2. The molecule has 0 aromatic heterocycles. The Morgan fingerprint density at radius 3 is 2.36 bits per heavy atom. The van der Waals surface area contributed by atoms with Crippen molar-refractivity contribution >= 4 is 23.7 Å². The molecule has 9 nitrogen and oxygen atoms in total. The average molecular weight is 356 g/mol. The van der Waals surface area contributed by atoms with Crippen molar-refractivity contribution in [1.29, 1.82) is 0 Å². The molecule has 0 aromatic rings.